The first-order valence-corrected chi connectivity index (χ1v) is 10.1. The molecule has 3 nitrogen and oxygen atoms in total. The summed E-state index contributed by atoms with van der Waals surface area (Å²) in [5.41, 5.74) is 1.29. The van der Waals surface area contributed by atoms with Gasteiger partial charge in [-0.25, -0.2) is 17.6 Å². The molecule has 0 amide bonds. The maximum Gasteiger partial charge on any atom is 0.167 e. The van der Waals surface area contributed by atoms with Crippen molar-refractivity contribution in [3.8, 4) is 22.3 Å². The van der Waals surface area contributed by atoms with Crippen LogP contribution in [0.15, 0.2) is 48.5 Å². The second-order valence-electron chi connectivity index (χ2n) is 7.09. The first kappa shape index (κ1) is 22.2. The summed E-state index contributed by atoms with van der Waals surface area (Å²) < 4.78 is 58.6. The second-order valence-corrected chi connectivity index (χ2v) is 7.94. The van der Waals surface area contributed by atoms with E-state index in [4.69, 9.17) is 23.2 Å². The predicted molar refractivity (Wildman–Crippen MR) is 118 cm³/mol. The molecule has 0 saturated carbocycles. The molecule has 9 heteroatoms. The number of anilines is 2. The van der Waals surface area contributed by atoms with Crippen LogP contribution in [0.4, 0.5) is 29.1 Å². The van der Waals surface area contributed by atoms with Gasteiger partial charge < -0.3 is 5.32 Å². The van der Waals surface area contributed by atoms with Crippen LogP contribution in [0.5, 0.6) is 0 Å². The SMILES string of the molecule is Cc1nn(C)c(Nc2c(F)cc(Cl)cc2Cl)c1-c1ccc(F)c(F)c1-c1ccc(F)cc1. The van der Waals surface area contributed by atoms with E-state index in [0.29, 0.717) is 17.1 Å². The standard InChI is InChI=1S/C23H15Cl2F4N3/c1-11-19(23(32(2)31-11)30-22-16(25)9-13(24)10-18(22)28)15-7-8-17(27)21(29)20(15)12-3-5-14(26)6-4-12/h3-10,30H,1-2H3. The minimum atomic E-state index is -1.10. The van der Waals surface area contributed by atoms with E-state index in [9.17, 15) is 17.6 Å². The summed E-state index contributed by atoms with van der Waals surface area (Å²) in [5.74, 6) is -3.08. The number of rotatable bonds is 4. The van der Waals surface area contributed by atoms with Crippen LogP contribution < -0.4 is 5.32 Å². The molecule has 0 aliphatic carbocycles. The molecule has 0 bridgehead atoms. The van der Waals surface area contributed by atoms with Crippen molar-refractivity contribution in [3.63, 3.8) is 0 Å². The van der Waals surface area contributed by atoms with Gasteiger partial charge in [0.15, 0.2) is 11.6 Å². The molecular weight excluding hydrogens is 465 g/mol. The smallest absolute Gasteiger partial charge is 0.167 e. The maximum atomic E-state index is 15.0. The molecule has 3 aromatic carbocycles. The lowest BCUT2D eigenvalue weighted by molar-refractivity contribution is 0.511. The molecule has 0 atom stereocenters. The lowest BCUT2D eigenvalue weighted by Crippen LogP contribution is -2.03. The molecule has 4 rings (SSSR count). The fraction of sp³-hybridized carbons (Fsp3) is 0.0870. The van der Waals surface area contributed by atoms with E-state index in [1.54, 1.807) is 14.0 Å². The second kappa shape index (κ2) is 8.48. The van der Waals surface area contributed by atoms with Gasteiger partial charge in [-0.2, -0.15) is 5.10 Å². The Bertz CT molecular complexity index is 1310. The van der Waals surface area contributed by atoms with Crippen molar-refractivity contribution < 1.29 is 17.6 Å². The number of nitrogens with zero attached hydrogens (tertiary/aromatic N) is 2. The average Bonchev–Trinajstić information content (AvgIpc) is 3.00. The number of aryl methyl sites for hydroxylation is 2. The van der Waals surface area contributed by atoms with Crippen LogP contribution in [0.25, 0.3) is 22.3 Å². The molecule has 4 aromatic rings. The van der Waals surface area contributed by atoms with Gasteiger partial charge in [0.2, 0.25) is 0 Å². The van der Waals surface area contributed by atoms with Crippen LogP contribution in [-0.4, -0.2) is 9.78 Å². The third-order valence-electron chi connectivity index (χ3n) is 4.97. The van der Waals surface area contributed by atoms with Crippen LogP contribution in [0, 0.1) is 30.2 Å². The molecule has 0 aliphatic heterocycles. The fourth-order valence-electron chi connectivity index (χ4n) is 3.56. The van der Waals surface area contributed by atoms with Crippen molar-refractivity contribution in [1.29, 1.82) is 0 Å². The summed E-state index contributed by atoms with van der Waals surface area (Å²) in [6, 6.07) is 9.87. The van der Waals surface area contributed by atoms with Gasteiger partial charge in [-0.05, 0) is 48.4 Å². The highest BCUT2D eigenvalue weighted by atomic mass is 35.5. The normalized spacial score (nSPS) is 11.1. The molecule has 32 heavy (non-hydrogen) atoms. The van der Waals surface area contributed by atoms with Crippen LogP contribution in [0.3, 0.4) is 0 Å². The number of aromatic nitrogens is 2. The van der Waals surface area contributed by atoms with Gasteiger partial charge in [0.25, 0.3) is 0 Å². The van der Waals surface area contributed by atoms with Crippen LogP contribution >= 0.6 is 23.2 Å². The Morgan fingerprint density at radius 3 is 2.22 bits per heavy atom. The van der Waals surface area contributed by atoms with E-state index in [1.807, 2.05) is 0 Å². The predicted octanol–water partition coefficient (Wildman–Crippen LogP) is 7.67. The van der Waals surface area contributed by atoms with Gasteiger partial charge in [-0.3, -0.25) is 4.68 Å². The summed E-state index contributed by atoms with van der Waals surface area (Å²) >= 11 is 12.0. The third-order valence-corrected chi connectivity index (χ3v) is 5.49. The van der Waals surface area contributed by atoms with Crippen LogP contribution in [-0.2, 0) is 7.05 Å². The van der Waals surface area contributed by atoms with Gasteiger partial charge in [-0.1, -0.05) is 41.4 Å². The Labute approximate surface area is 191 Å². The molecule has 0 radical (unpaired) electrons. The quantitative estimate of drug-likeness (QED) is 0.304. The molecular formula is C23H15Cl2F4N3. The molecule has 1 N–H and O–H groups in total. The zero-order valence-electron chi connectivity index (χ0n) is 16.8. The number of halogens is 6. The average molecular weight is 480 g/mol. The summed E-state index contributed by atoms with van der Waals surface area (Å²) in [4.78, 5) is 0. The highest BCUT2D eigenvalue weighted by molar-refractivity contribution is 6.36. The van der Waals surface area contributed by atoms with Gasteiger partial charge >= 0.3 is 0 Å². The Morgan fingerprint density at radius 1 is 0.875 bits per heavy atom. The highest BCUT2D eigenvalue weighted by Gasteiger charge is 2.24. The zero-order chi connectivity index (χ0) is 23.2. The van der Waals surface area contributed by atoms with Crippen LogP contribution in [0.2, 0.25) is 10.0 Å². The Morgan fingerprint density at radius 2 is 1.56 bits per heavy atom. The number of hydrogen-bond donors (Lipinski definition) is 1. The summed E-state index contributed by atoms with van der Waals surface area (Å²) in [7, 11) is 1.61. The molecule has 0 fully saturated rings. The molecule has 1 heterocycles. The minimum absolute atomic E-state index is 0.0313. The monoisotopic (exact) mass is 479 g/mol. The topological polar surface area (TPSA) is 29.9 Å². The maximum absolute atomic E-state index is 15.0. The Hall–Kier alpha value is -3.03. The molecule has 1 aromatic heterocycles. The molecule has 0 saturated heterocycles. The van der Waals surface area contributed by atoms with E-state index < -0.39 is 23.3 Å². The van der Waals surface area contributed by atoms with Crippen molar-refractivity contribution in [2.45, 2.75) is 6.92 Å². The largest absolute Gasteiger partial charge is 0.336 e. The lowest BCUT2D eigenvalue weighted by atomic mass is 9.93. The first-order chi connectivity index (χ1) is 15.2. The molecule has 0 unspecified atom stereocenters. The Balaban J connectivity index is 1.95. The molecule has 0 spiro atoms. The molecule has 164 valence electrons. The zero-order valence-corrected chi connectivity index (χ0v) is 18.3. The van der Waals surface area contributed by atoms with Gasteiger partial charge in [-0.15, -0.1) is 0 Å². The van der Waals surface area contributed by atoms with Crippen molar-refractivity contribution in [3.05, 3.63) is 87.5 Å². The minimum Gasteiger partial charge on any atom is -0.336 e. The van der Waals surface area contributed by atoms with E-state index >= 15 is 0 Å². The number of benzene rings is 3. The third kappa shape index (κ3) is 3.94. The highest BCUT2D eigenvalue weighted by Crippen LogP contribution is 2.42. The van der Waals surface area contributed by atoms with E-state index in [0.717, 1.165) is 24.3 Å². The molecule has 0 aliphatic rings. The van der Waals surface area contributed by atoms with E-state index in [-0.39, 0.29) is 32.4 Å². The Kier molecular flexibility index (Phi) is 5.88. The fourth-order valence-corrected chi connectivity index (χ4v) is 4.08. The number of nitrogens with one attached hydrogen (secondary N) is 1. The van der Waals surface area contributed by atoms with E-state index in [1.165, 1.54) is 28.9 Å². The summed E-state index contributed by atoms with van der Waals surface area (Å²) in [5, 5.41) is 7.41. The van der Waals surface area contributed by atoms with Crippen molar-refractivity contribution in [2.75, 3.05) is 5.32 Å². The van der Waals surface area contributed by atoms with Gasteiger partial charge in [0.1, 0.15) is 17.5 Å². The summed E-state index contributed by atoms with van der Waals surface area (Å²) in [6.07, 6.45) is 0. The van der Waals surface area contributed by atoms with Gasteiger partial charge in [0, 0.05) is 23.2 Å². The van der Waals surface area contributed by atoms with Gasteiger partial charge in [0.05, 0.1) is 16.4 Å². The van der Waals surface area contributed by atoms with Crippen LogP contribution in [0.1, 0.15) is 5.69 Å². The first-order valence-electron chi connectivity index (χ1n) is 9.37. The van der Waals surface area contributed by atoms with Crippen molar-refractivity contribution in [1.82, 2.24) is 9.78 Å². The van der Waals surface area contributed by atoms with E-state index in [2.05, 4.69) is 10.4 Å². The van der Waals surface area contributed by atoms with Crippen molar-refractivity contribution >= 4 is 34.7 Å². The lowest BCUT2D eigenvalue weighted by Gasteiger charge is -2.16. The summed E-state index contributed by atoms with van der Waals surface area (Å²) in [6.45, 7) is 1.68. The number of hydrogen-bond acceptors (Lipinski definition) is 2. The van der Waals surface area contributed by atoms with Crippen molar-refractivity contribution in [2.24, 2.45) is 7.05 Å².